The van der Waals surface area contributed by atoms with Crippen molar-refractivity contribution in [3.8, 4) is 33.4 Å². The largest absolute Gasteiger partial charge is 0.456 e. The van der Waals surface area contributed by atoms with Gasteiger partial charge in [0.2, 0.25) is 0 Å². The second-order valence-electron chi connectivity index (χ2n) is 19.2. The van der Waals surface area contributed by atoms with Gasteiger partial charge in [0.15, 0.2) is 5.71 Å². The van der Waals surface area contributed by atoms with Gasteiger partial charge in [0.05, 0.1) is 11.1 Å². The molecule has 0 saturated carbocycles. The van der Waals surface area contributed by atoms with E-state index in [0.29, 0.717) is 0 Å². The molecule has 8 aromatic carbocycles. The first-order valence-corrected chi connectivity index (χ1v) is 21.9. The van der Waals surface area contributed by atoms with E-state index < -0.39 is 0 Å². The SMILES string of the molecule is CC(C)(C)c1ccc(N2c3cc4oc5ccccc5c4cc3B3c4c2cc2c(c4-c4cccc5c6c7ccccc7oc6n3c45)C(C)(C)c3ccccc3-2)c(-c2ccccc2)c1. The van der Waals surface area contributed by atoms with Crippen molar-refractivity contribution in [3.63, 3.8) is 0 Å². The second kappa shape index (κ2) is 11.6. The average Bonchev–Trinajstić information content (AvgIpc) is 4.00. The molecule has 14 rings (SSSR count). The predicted octanol–water partition coefficient (Wildman–Crippen LogP) is 14.1. The molecule has 0 saturated heterocycles. The minimum atomic E-state index is -0.247. The number of nitrogens with zero attached hydrogens (tertiary/aromatic N) is 2. The van der Waals surface area contributed by atoms with E-state index in [0.717, 1.165) is 50.0 Å². The highest BCUT2D eigenvalue weighted by atomic mass is 16.3. The topological polar surface area (TPSA) is 34.5 Å². The van der Waals surface area contributed by atoms with Crippen LogP contribution in [0.1, 0.15) is 51.3 Å². The molecular weight excluding hydrogens is 755 g/mol. The summed E-state index contributed by atoms with van der Waals surface area (Å²) < 4.78 is 16.4. The molecule has 5 heteroatoms. The van der Waals surface area contributed by atoms with Crippen LogP contribution in [0.4, 0.5) is 17.1 Å². The van der Waals surface area contributed by atoms with Crippen LogP contribution in [0.25, 0.3) is 88.3 Å². The zero-order valence-electron chi connectivity index (χ0n) is 35.3. The van der Waals surface area contributed by atoms with Crippen LogP contribution in [0.3, 0.4) is 0 Å². The summed E-state index contributed by atoms with van der Waals surface area (Å²) in [5.74, 6) is 0. The van der Waals surface area contributed by atoms with Crippen molar-refractivity contribution in [1.29, 1.82) is 0 Å². The summed E-state index contributed by atoms with van der Waals surface area (Å²) in [7, 11) is 0. The molecule has 3 aromatic heterocycles. The Labute approximate surface area is 359 Å². The fourth-order valence-corrected chi connectivity index (χ4v) is 11.8. The Morgan fingerprint density at radius 1 is 0.532 bits per heavy atom. The first kappa shape index (κ1) is 34.5. The number of hydrogen-bond acceptors (Lipinski definition) is 3. The molecule has 0 radical (unpaired) electrons. The maximum atomic E-state index is 7.07. The third-order valence-electron chi connectivity index (χ3n) is 14.5. The lowest BCUT2D eigenvalue weighted by molar-refractivity contribution is 0.590. The number of anilines is 3. The lowest BCUT2D eigenvalue weighted by Gasteiger charge is -2.42. The van der Waals surface area contributed by atoms with E-state index in [1.54, 1.807) is 0 Å². The highest BCUT2D eigenvalue weighted by molar-refractivity contribution is 6.90. The van der Waals surface area contributed by atoms with Crippen LogP contribution in [-0.2, 0) is 10.8 Å². The van der Waals surface area contributed by atoms with Crippen LogP contribution in [0.2, 0.25) is 0 Å². The third kappa shape index (κ3) is 4.23. The van der Waals surface area contributed by atoms with Crippen LogP contribution in [-0.4, -0.2) is 11.3 Å². The normalized spacial score (nSPS) is 14.6. The van der Waals surface area contributed by atoms with Crippen molar-refractivity contribution < 1.29 is 8.83 Å². The minimum absolute atomic E-state index is 0.0448. The second-order valence-corrected chi connectivity index (χ2v) is 19.2. The first-order valence-electron chi connectivity index (χ1n) is 21.9. The highest BCUT2D eigenvalue weighted by Gasteiger charge is 2.49. The Balaban J connectivity index is 1.21. The Kier molecular flexibility index (Phi) is 6.43. The van der Waals surface area contributed by atoms with Gasteiger partial charge in [0.25, 0.3) is 0 Å². The maximum Gasteiger partial charge on any atom is 0.336 e. The van der Waals surface area contributed by atoms with Crippen LogP contribution >= 0.6 is 0 Å². The molecule has 0 amide bonds. The molecule has 0 atom stereocenters. The summed E-state index contributed by atoms with van der Waals surface area (Å²) in [6.07, 6.45) is 0. The van der Waals surface area contributed by atoms with Crippen molar-refractivity contribution in [3.05, 3.63) is 174 Å². The van der Waals surface area contributed by atoms with Gasteiger partial charge in [-0.1, -0.05) is 156 Å². The summed E-state index contributed by atoms with van der Waals surface area (Å²) in [6, 6.07) is 58.4. The van der Waals surface area contributed by atoms with Gasteiger partial charge < -0.3 is 18.2 Å². The monoisotopic (exact) mass is 796 g/mol. The standard InChI is InChI=1S/C57H41BN2O2/c1-56(2,3)33-26-27-44(39(28-33)32-16-7-6-8-17-32)59-45-31-49-40(35-19-10-13-24-47(35)61-49)29-43(45)58-53-46(59)30-41-34-18-9-12-23-42(34)57(4,5)52(41)51(53)38-22-15-21-37-50-36-20-11-14-25-48(36)62-55(50)60(58)54(37)38/h6-31H,1-5H3. The zero-order chi connectivity index (χ0) is 41.4. The molecule has 11 aromatic rings. The average molecular weight is 797 g/mol. The van der Waals surface area contributed by atoms with E-state index in [1.807, 2.05) is 0 Å². The van der Waals surface area contributed by atoms with Gasteiger partial charge in [0, 0.05) is 61.0 Å². The van der Waals surface area contributed by atoms with Crippen LogP contribution in [0.15, 0.2) is 167 Å². The van der Waals surface area contributed by atoms with Gasteiger partial charge in [-0.3, -0.25) is 0 Å². The molecule has 0 unspecified atom stereocenters. The van der Waals surface area contributed by atoms with Crippen LogP contribution in [0, 0.1) is 0 Å². The number of rotatable bonds is 2. The van der Waals surface area contributed by atoms with Crippen LogP contribution in [0.5, 0.6) is 0 Å². The third-order valence-corrected chi connectivity index (χ3v) is 14.5. The van der Waals surface area contributed by atoms with Crippen molar-refractivity contribution in [2.75, 3.05) is 4.90 Å². The Morgan fingerprint density at radius 2 is 1.24 bits per heavy atom. The van der Waals surface area contributed by atoms with Crippen molar-refractivity contribution in [2.24, 2.45) is 0 Å². The molecule has 0 N–H and O–H groups in total. The number of benzene rings is 8. The molecule has 294 valence electrons. The molecule has 5 heterocycles. The number of aromatic nitrogens is 1. The molecule has 0 fully saturated rings. The van der Waals surface area contributed by atoms with E-state index in [-0.39, 0.29) is 17.7 Å². The summed E-state index contributed by atoms with van der Waals surface area (Å²) in [6.45, 7) is 11.6. The number of hydrogen-bond donors (Lipinski definition) is 0. The van der Waals surface area contributed by atoms with E-state index in [4.69, 9.17) is 8.83 Å². The van der Waals surface area contributed by atoms with Crippen molar-refractivity contribution >= 4 is 89.7 Å². The lowest BCUT2D eigenvalue weighted by atomic mass is 9.44. The van der Waals surface area contributed by atoms with Gasteiger partial charge in [-0.15, -0.1) is 0 Å². The quantitative estimate of drug-likeness (QED) is 0.163. The van der Waals surface area contributed by atoms with Gasteiger partial charge in [0.1, 0.15) is 16.7 Å². The van der Waals surface area contributed by atoms with Crippen molar-refractivity contribution in [2.45, 2.75) is 45.4 Å². The fourth-order valence-electron chi connectivity index (χ4n) is 11.8. The molecule has 4 nitrogen and oxygen atoms in total. The molecule has 0 spiro atoms. The highest BCUT2D eigenvalue weighted by Crippen LogP contribution is 2.58. The summed E-state index contributed by atoms with van der Waals surface area (Å²) in [5, 5.41) is 5.79. The number of para-hydroxylation sites is 3. The Hall–Kier alpha value is -7.24. The molecule has 3 aliphatic rings. The van der Waals surface area contributed by atoms with E-state index in [9.17, 15) is 0 Å². The molecule has 1 aliphatic carbocycles. The van der Waals surface area contributed by atoms with Gasteiger partial charge in [-0.25, -0.2) is 0 Å². The molecule has 62 heavy (non-hydrogen) atoms. The summed E-state index contributed by atoms with van der Waals surface area (Å²) >= 11 is 0. The Morgan fingerprint density at radius 3 is 2.06 bits per heavy atom. The van der Waals surface area contributed by atoms with Gasteiger partial charge in [-0.05, 0) is 85.6 Å². The predicted molar refractivity (Wildman–Crippen MR) is 259 cm³/mol. The number of furan rings is 2. The Bertz CT molecular complexity index is 3780. The zero-order valence-corrected chi connectivity index (χ0v) is 35.3. The van der Waals surface area contributed by atoms with Crippen molar-refractivity contribution in [1.82, 2.24) is 4.48 Å². The van der Waals surface area contributed by atoms with Gasteiger partial charge >= 0.3 is 6.85 Å². The van der Waals surface area contributed by atoms with E-state index in [1.165, 1.54) is 83.0 Å². The lowest BCUT2D eigenvalue weighted by Crippen LogP contribution is -2.57. The molecular formula is C57H41BN2O2. The molecule has 2 aliphatic heterocycles. The first-order chi connectivity index (χ1) is 30.2. The smallest absolute Gasteiger partial charge is 0.336 e. The summed E-state index contributed by atoms with van der Waals surface area (Å²) in [4.78, 5) is 2.57. The molecule has 0 bridgehead atoms. The van der Waals surface area contributed by atoms with E-state index >= 15 is 0 Å². The fraction of sp³-hybridized carbons (Fsp3) is 0.123. The van der Waals surface area contributed by atoms with E-state index in [2.05, 4.69) is 202 Å². The summed E-state index contributed by atoms with van der Waals surface area (Å²) in [5.41, 5.74) is 22.1. The van der Waals surface area contributed by atoms with Crippen LogP contribution < -0.4 is 15.8 Å². The number of fused-ring (bicyclic) bond motifs is 16. The maximum absolute atomic E-state index is 7.07. The van der Waals surface area contributed by atoms with Gasteiger partial charge in [-0.2, -0.15) is 0 Å². The minimum Gasteiger partial charge on any atom is -0.456 e.